The highest BCUT2D eigenvalue weighted by atomic mass is 35.5. The standard InChI is InChI=1S/C22H23F3N6O5S.C11H13F3N4O2S.C10H11N3O4.ClH/c1-35-13-18-20(30-12-17(36-2)7-8-19(30)28-18)21(32)26-11-15-3-5-16(6-4-15)31-10-9-29(14-27-31)37(33,34)22(23,24)25;12-11(13,14)21(19,20)17-5-6-18(16-8-17)10-3-1-9(7-15)2-4-10;1-16-5-7-8(9(14)15)13-4-6(17-2)3-11-10(13)12-7;/h3-8,12,14H,9-11,13H2,1-2H3,(H,26,32);1-4,8H,5-7,15H2;3-4H,5H2,1-2H3,(H,14,15);1H. The molecule has 6 aromatic rings. The van der Waals surface area contributed by atoms with Gasteiger partial charge in [-0.25, -0.2) is 28.4 Å². The quantitative estimate of drug-likeness (QED) is 0.120. The number of methoxy groups -OCH3 is 4. The second-order valence-corrected chi connectivity index (χ2v) is 19.3. The van der Waals surface area contributed by atoms with Gasteiger partial charge in [-0.15, -0.1) is 12.4 Å². The van der Waals surface area contributed by atoms with E-state index in [0.717, 1.165) is 11.1 Å². The third-order valence-corrected chi connectivity index (χ3v) is 13.7. The molecule has 0 unspecified atom stereocenters. The van der Waals surface area contributed by atoms with Crippen LogP contribution in [-0.4, -0.2) is 144 Å². The van der Waals surface area contributed by atoms with Crippen LogP contribution in [-0.2, 0) is 55.8 Å². The zero-order valence-corrected chi connectivity index (χ0v) is 42.8. The van der Waals surface area contributed by atoms with Crippen LogP contribution in [0.3, 0.4) is 0 Å². The SMILES string of the molecule is COCc1nc2ccc(OC)cn2c1C(=O)NCc1ccc(N2CCN(S(=O)(=O)C(F)(F)F)C=N2)cc1.COCc1nc2ncc(OC)cn2c1C(=O)O.Cl.NCc1ccc(N2CCN(S(=O)(=O)C(F)(F)F)C=N2)cc1. The lowest BCUT2D eigenvalue weighted by Crippen LogP contribution is -2.46. The third kappa shape index (κ3) is 13.5. The third-order valence-electron chi connectivity index (χ3n) is 10.7. The minimum absolute atomic E-state index is 0. The van der Waals surface area contributed by atoms with E-state index in [4.69, 9.17) is 29.8 Å². The number of nitrogens with zero attached hydrogens (tertiary/aromatic N) is 11. The van der Waals surface area contributed by atoms with Crippen molar-refractivity contribution in [3.8, 4) is 11.5 Å². The first-order chi connectivity index (χ1) is 35.5. The van der Waals surface area contributed by atoms with E-state index in [1.165, 1.54) is 55.3 Å². The minimum atomic E-state index is -5.47. The van der Waals surface area contributed by atoms with Crippen LogP contribution in [0.1, 0.15) is 43.5 Å². The molecule has 2 aliphatic rings. The van der Waals surface area contributed by atoms with Gasteiger partial charge in [0, 0.05) is 27.3 Å². The Kier molecular flexibility index (Phi) is 19.4. The van der Waals surface area contributed by atoms with Gasteiger partial charge in [0.05, 0.1) is 89.3 Å². The average molecular weight is 1140 g/mol. The number of hydrogen-bond acceptors (Lipinski definition) is 18. The highest BCUT2D eigenvalue weighted by molar-refractivity contribution is 7.90. The highest BCUT2D eigenvalue weighted by Crippen LogP contribution is 2.29. The molecular weight excluding hydrogens is 1090 g/mol. The topological polar surface area (TPSA) is 283 Å². The number of ether oxygens (including phenoxy) is 4. The molecule has 0 saturated carbocycles. The summed E-state index contributed by atoms with van der Waals surface area (Å²) in [6.07, 6.45) is 5.97. The van der Waals surface area contributed by atoms with E-state index < -0.39 is 43.6 Å². The predicted octanol–water partition coefficient (Wildman–Crippen LogP) is 4.40. The van der Waals surface area contributed by atoms with Crippen LogP contribution in [0.5, 0.6) is 11.5 Å². The van der Waals surface area contributed by atoms with Crippen LogP contribution in [0.25, 0.3) is 11.4 Å². The van der Waals surface area contributed by atoms with Crippen molar-refractivity contribution >= 4 is 79.8 Å². The molecule has 8 rings (SSSR count). The van der Waals surface area contributed by atoms with Crippen LogP contribution in [0.4, 0.5) is 37.7 Å². The largest absolute Gasteiger partial charge is 0.516 e. The molecule has 2 aliphatic heterocycles. The van der Waals surface area contributed by atoms with Gasteiger partial charge in [-0.1, -0.05) is 24.3 Å². The molecule has 76 heavy (non-hydrogen) atoms. The number of carboxylic acid groups (broad SMARTS) is 1. The van der Waals surface area contributed by atoms with Crippen molar-refractivity contribution in [2.75, 3.05) is 64.6 Å². The smallest absolute Gasteiger partial charge is 0.495 e. The van der Waals surface area contributed by atoms with Gasteiger partial charge in [0.15, 0.2) is 11.4 Å². The Bertz CT molecular complexity index is 3280. The normalized spacial score (nSPS) is 13.9. The number of benzene rings is 2. The summed E-state index contributed by atoms with van der Waals surface area (Å²) in [5, 5.41) is 22.4. The summed E-state index contributed by atoms with van der Waals surface area (Å²) in [5.41, 5.74) is -0.707. The zero-order chi connectivity index (χ0) is 54.9. The van der Waals surface area contributed by atoms with Crippen LogP contribution in [0.15, 0.2) is 89.5 Å². The number of pyridine rings is 1. The van der Waals surface area contributed by atoms with Crippen molar-refractivity contribution in [1.29, 1.82) is 0 Å². The Morgan fingerprint density at radius 3 is 1.59 bits per heavy atom. The second-order valence-electron chi connectivity index (χ2n) is 15.5. The number of sulfonamides is 2. The Morgan fingerprint density at radius 1 is 0.671 bits per heavy atom. The van der Waals surface area contributed by atoms with E-state index >= 15 is 0 Å². The van der Waals surface area contributed by atoms with E-state index in [1.807, 2.05) is 0 Å². The number of nitrogens with one attached hydrogen (secondary N) is 1. The number of fused-ring (bicyclic) bond motifs is 2. The fraction of sp³-hybridized carbons (Fsp3) is 0.326. The molecule has 33 heteroatoms. The van der Waals surface area contributed by atoms with Crippen molar-refractivity contribution in [1.82, 2.24) is 37.7 Å². The maximum atomic E-state index is 13.1. The maximum absolute atomic E-state index is 13.1. The number of rotatable bonds is 15. The van der Waals surface area contributed by atoms with E-state index in [2.05, 4.69) is 30.5 Å². The summed E-state index contributed by atoms with van der Waals surface area (Å²) in [6.45, 7) is 0.0360. The molecule has 0 aliphatic carbocycles. The number of aromatic carboxylic acids is 1. The molecule has 0 saturated heterocycles. The van der Waals surface area contributed by atoms with E-state index in [0.29, 0.717) is 70.6 Å². The maximum Gasteiger partial charge on any atom is 0.516 e. The van der Waals surface area contributed by atoms with Crippen LogP contribution in [0, 0.1) is 0 Å². The van der Waals surface area contributed by atoms with Crippen molar-refractivity contribution in [2.45, 2.75) is 37.3 Å². The zero-order valence-electron chi connectivity index (χ0n) is 40.3. The van der Waals surface area contributed by atoms with Crippen molar-refractivity contribution in [3.63, 3.8) is 0 Å². The summed E-state index contributed by atoms with van der Waals surface area (Å²) < 4.78 is 145. The molecule has 24 nitrogen and oxygen atoms in total. The first kappa shape index (κ1) is 59.4. The fourth-order valence-corrected chi connectivity index (χ4v) is 8.45. The lowest BCUT2D eigenvalue weighted by molar-refractivity contribution is -0.0477. The number of nitrogens with two attached hydrogens (primary N) is 1. The van der Waals surface area contributed by atoms with Gasteiger partial charge in [-0.2, -0.15) is 53.4 Å². The number of alkyl halides is 6. The first-order valence-electron chi connectivity index (χ1n) is 21.6. The fourth-order valence-electron chi connectivity index (χ4n) is 6.94. The minimum Gasteiger partial charge on any atom is -0.495 e. The average Bonchev–Trinajstić information content (AvgIpc) is 3.95. The summed E-state index contributed by atoms with van der Waals surface area (Å²) in [6, 6.07) is 17.2. The number of amides is 1. The molecule has 4 aromatic heterocycles. The van der Waals surface area contributed by atoms with Gasteiger partial charge in [0.2, 0.25) is 5.78 Å². The number of carbonyl (C=O) groups excluding carboxylic acids is 1. The first-order valence-corrected chi connectivity index (χ1v) is 24.5. The number of carboxylic acids is 1. The number of hydrogen-bond donors (Lipinski definition) is 3. The second kappa shape index (κ2) is 24.9. The molecule has 6 heterocycles. The van der Waals surface area contributed by atoms with Gasteiger partial charge < -0.3 is 35.1 Å². The number of carbonyl (C=O) groups is 2. The number of anilines is 2. The summed E-state index contributed by atoms with van der Waals surface area (Å²) >= 11 is 0. The number of halogens is 7. The van der Waals surface area contributed by atoms with Gasteiger partial charge in [-0.3, -0.25) is 23.6 Å². The van der Waals surface area contributed by atoms with Gasteiger partial charge in [0.25, 0.3) is 5.91 Å². The van der Waals surface area contributed by atoms with Gasteiger partial charge >= 0.3 is 37.0 Å². The predicted molar refractivity (Wildman–Crippen MR) is 264 cm³/mol. The van der Waals surface area contributed by atoms with Gasteiger partial charge in [0.1, 0.15) is 35.5 Å². The van der Waals surface area contributed by atoms with Crippen molar-refractivity contribution in [2.24, 2.45) is 15.9 Å². The monoisotopic (exact) mass is 1140 g/mol. The number of imidazole rings is 2. The summed E-state index contributed by atoms with van der Waals surface area (Å²) in [4.78, 5) is 36.8. The van der Waals surface area contributed by atoms with Gasteiger partial charge in [-0.05, 0) is 47.5 Å². The van der Waals surface area contributed by atoms with Crippen molar-refractivity contribution < 1.29 is 76.8 Å². The Morgan fingerprint density at radius 2 is 1.16 bits per heavy atom. The summed E-state index contributed by atoms with van der Waals surface area (Å²) in [5.74, 6) is -0.141. The molecule has 412 valence electrons. The number of aromatic nitrogens is 5. The van der Waals surface area contributed by atoms with E-state index in [-0.39, 0.29) is 72.0 Å². The summed E-state index contributed by atoms with van der Waals surface area (Å²) in [7, 11) is -4.86. The van der Waals surface area contributed by atoms with Crippen LogP contribution < -0.4 is 30.5 Å². The molecule has 0 atom stereocenters. The molecule has 2 aromatic carbocycles. The number of hydrazone groups is 2. The van der Waals surface area contributed by atoms with Crippen molar-refractivity contribution in [3.05, 3.63) is 113 Å². The molecule has 1 amide bonds. The molecular formula is C43H48ClF6N13O11S2. The Hall–Kier alpha value is -7.52. The Balaban J connectivity index is 0.000000231. The molecule has 0 spiro atoms. The Labute approximate surface area is 435 Å². The molecule has 0 fully saturated rings. The van der Waals surface area contributed by atoms with Crippen LogP contribution >= 0.6 is 12.4 Å². The van der Waals surface area contributed by atoms with E-state index in [1.54, 1.807) is 71.3 Å². The molecule has 4 N–H and O–H groups in total. The lowest BCUT2D eigenvalue weighted by Gasteiger charge is -2.29. The van der Waals surface area contributed by atoms with Crippen LogP contribution in [0.2, 0.25) is 0 Å². The van der Waals surface area contributed by atoms with E-state index in [9.17, 15) is 52.8 Å². The highest BCUT2D eigenvalue weighted by Gasteiger charge is 2.51. The lowest BCUT2D eigenvalue weighted by atomic mass is 10.2. The molecule has 0 bridgehead atoms. The molecule has 0 radical (unpaired) electrons.